The van der Waals surface area contributed by atoms with Crippen LogP contribution in [0.3, 0.4) is 0 Å². The van der Waals surface area contributed by atoms with Crippen LogP contribution in [0.5, 0.6) is 11.5 Å². The van der Waals surface area contributed by atoms with Gasteiger partial charge in [-0.1, -0.05) is 20.8 Å². The van der Waals surface area contributed by atoms with E-state index in [9.17, 15) is 4.79 Å². The summed E-state index contributed by atoms with van der Waals surface area (Å²) in [5.74, 6) is 2.74. The summed E-state index contributed by atoms with van der Waals surface area (Å²) in [7, 11) is 3.71. The predicted octanol–water partition coefficient (Wildman–Crippen LogP) is 4.26. The van der Waals surface area contributed by atoms with Crippen molar-refractivity contribution in [2.45, 2.75) is 27.7 Å². The third kappa shape index (κ3) is 5.42. The van der Waals surface area contributed by atoms with Crippen molar-refractivity contribution in [1.29, 1.82) is 5.41 Å². The Morgan fingerprint density at radius 1 is 1.16 bits per heavy atom. The molecular formula is C23H29N7O2. The number of aromatic nitrogens is 3. The van der Waals surface area contributed by atoms with E-state index < -0.39 is 0 Å². The van der Waals surface area contributed by atoms with Gasteiger partial charge in [-0.3, -0.25) is 4.79 Å². The standard InChI is InChI=1S/C23H29N7O2/c1-14(31)27-21-12-16(9-10-26-21)32-15-7-8-17-18(11-15)30(6)22(28-17)29-20(25-5)13-19(24)23(2,3)4/h7-13,24-25H,1-6H3,(H,28,29)(H,26,27,31)/b20-13+,24-19?. The number of amides is 1. The minimum Gasteiger partial charge on any atom is -0.457 e. The van der Waals surface area contributed by atoms with Gasteiger partial charge in [-0.25, -0.2) is 9.97 Å². The number of hydrogen-bond acceptors (Lipinski definition) is 7. The van der Waals surface area contributed by atoms with E-state index in [-0.39, 0.29) is 11.3 Å². The number of ether oxygens (including phenoxy) is 1. The number of rotatable bonds is 7. The lowest BCUT2D eigenvalue weighted by Gasteiger charge is -2.18. The van der Waals surface area contributed by atoms with E-state index in [4.69, 9.17) is 10.1 Å². The summed E-state index contributed by atoms with van der Waals surface area (Å²) in [5.41, 5.74) is 1.93. The number of fused-ring (bicyclic) bond motifs is 1. The number of nitrogens with zero attached hydrogens (tertiary/aromatic N) is 3. The number of allylic oxidation sites excluding steroid dienone is 1. The number of pyridine rings is 1. The second-order valence-corrected chi connectivity index (χ2v) is 8.40. The van der Waals surface area contributed by atoms with Crippen molar-refractivity contribution in [2.75, 3.05) is 17.7 Å². The fourth-order valence-electron chi connectivity index (χ4n) is 2.86. The molecule has 0 aliphatic carbocycles. The number of imidazole rings is 1. The Bertz CT molecular complexity index is 1190. The zero-order chi connectivity index (χ0) is 23.5. The fourth-order valence-corrected chi connectivity index (χ4v) is 2.86. The second-order valence-electron chi connectivity index (χ2n) is 8.40. The maximum atomic E-state index is 11.2. The molecule has 0 saturated heterocycles. The van der Waals surface area contributed by atoms with Crippen LogP contribution in [-0.4, -0.2) is 33.2 Å². The van der Waals surface area contributed by atoms with Crippen LogP contribution < -0.4 is 20.7 Å². The van der Waals surface area contributed by atoms with Crippen LogP contribution in [0.4, 0.5) is 11.8 Å². The Labute approximate surface area is 187 Å². The molecule has 0 fully saturated rings. The van der Waals surface area contributed by atoms with Crippen molar-refractivity contribution in [3.05, 3.63) is 48.4 Å². The first-order valence-corrected chi connectivity index (χ1v) is 10.2. The molecule has 4 N–H and O–H groups in total. The van der Waals surface area contributed by atoms with Crippen LogP contribution in [0, 0.1) is 10.8 Å². The van der Waals surface area contributed by atoms with Crippen molar-refractivity contribution in [3.8, 4) is 11.5 Å². The average Bonchev–Trinajstić information content (AvgIpc) is 3.01. The van der Waals surface area contributed by atoms with Crippen LogP contribution in [0.2, 0.25) is 0 Å². The normalized spacial score (nSPS) is 11.9. The highest BCUT2D eigenvalue weighted by Gasteiger charge is 2.17. The molecule has 9 nitrogen and oxygen atoms in total. The molecule has 0 unspecified atom stereocenters. The Kier molecular flexibility index (Phi) is 6.47. The number of anilines is 2. The molecule has 0 atom stereocenters. The summed E-state index contributed by atoms with van der Waals surface area (Å²) < 4.78 is 7.88. The van der Waals surface area contributed by atoms with E-state index in [2.05, 4.69) is 25.9 Å². The zero-order valence-corrected chi connectivity index (χ0v) is 19.2. The number of hydrogen-bond donors (Lipinski definition) is 4. The quantitative estimate of drug-likeness (QED) is 0.412. The maximum absolute atomic E-state index is 11.2. The van der Waals surface area contributed by atoms with Crippen LogP contribution in [-0.2, 0) is 11.8 Å². The highest BCUT2D eigenvalue weighted by molar-refractivity contribution is 5.97. The SMILES string of the molecule is CN/C(=C\C(=N)C(C)(C)C)Nc1nc2ccc(Oc3ccnc(NC(C)=O)c3)cc2n1C. The summed E-state index contributed by atoms with van der Waals surface area (Å²) in [4.78, 5) is 20.0. The van der Waals surface area contributed by atoms with Gasteiger partial charge in [0.05, 0.1) is 11.0 Å². The molecule has 3 aromatic rings. The fraction of sp³-hybridized carbons (Fsp3) is 0.304. The van der Waals surface area contributed by atoms with Gasteiger partial charge in [-0.2, -0.15) is 0 Å². The van der Waals surface area contributed by atoms with Crippen molar-refractivity contribution >= 4 is 34.4 Å². The van der Waals surface area contributed by atoms with E-state index in [0.717, 1.165) is 11.0 Å². The molecule has 9 heteroatoms. The highest BCUT2D eigenvalue weighted by Crippen LogP contribution is 2.28. The predicted molar refractivity (Wildman–Crippen MR) is 127 cm³/mol. The monoisotopic (exact) mass is 435 g/mol. The van der Waals surface area contributed by atoms with Crippen molar-refractivity contribution in [3.63, 3.8) is 0 Å². The van der Waals surface area contributed by atoms with Crippen LogP contribution >= 0.6 is 0 Å². The van der Waals surface area contributed by atoms with Gasteiger partial charge < -0.3 is 30.7 Å². The number of nitrogens with one attached hydrogen (secondary N) is 4. The molecular weight excluding hydrogens is 406 g/mol. The molecule has 3 rings (SSSR count). The lowest BCUT2D eigenvalue weighted by atomic mass is 9.90. The van der Waals surface area contributed by atoms with Gasteiger partial charge in [-0.05, 0) is 24.3 Å². The van der Waals surface area contributed by atoms with E-state index in [1.165, 1.54) is 6.92 Å². The van der Waals surface area contributed by atoms with Crippen molar-refractivity contribution in [1.82, 2.24) is 19.9 Å². The zero-order valence-electron chi connectivity index (χ0n) is 19.2. The molecule has 0 aliphatic heterocycles. The second kappa shape index (κ2) is 9.09. The minimum absolute atomic E-state index is 0.196. The summed E-state index contributed by atoms with van der Waals surface area (Å²) >= 11 is 0. The Morgan fingerprint density at radius 2 is 1.88 bits per heavy atom. The molecule has 1 aromatic carbocycles. The number of benzene rings is 1. The molecule has 168 valence electrons. The molecule has 32 heavy (non-hydrogen) atoms. The van der Waals surface area contributed by atoms with E-state index >= 15 is 0 Å². The first-order chi connectivity index (χ1) is 15.1. The maximum Gasteiger partial charge on any atom is 0.222 e. The first-order valence-electron chi connectivity index (χ1n) is 10.2. The highest BCUT2D eigenvalue weighted by atomic mass is 16.5. The first kappa shape index (κ1) is 22.8. The molecule has 0 saturated carbocycles. The Hall–Kier alpha value is -3.88. The lowest BCUT2D eigenvalue weighted by molar-refractivity contribution is -0.114. The molecule has 0 aliphatic rings. The van der Waals surface area contributed by atoms with Gasteiger partial charge in [0.25, 0.3) is 0 Å². The topological polar surface area (TPSA) is 117 Å². The van der Waals surface area contributed by atoms with E-state index in [0.29, 0.717) is 34.8 Å². The Morgan fingerprint density at radius 3 is 2.53 bits per heavy atom. The van der Waals surface area contributed by atoms with Gasteiger partial charge in [-0.15, -0.1) is 0 Å². The van der Waals surface area contributed by atoms with Gasteiger partial charge >= 0.3 is 0 Å². The average molecular weight is 436 g/mol. The molecule has 2 heterocycles. The number of aryl methyl sites for hydroxylation is 1. The van der Waals surface area contributed by atoms with Gasteiger partial charge in [0.2, 0.25) is 11.9 Å². The van der Waals surface area contributed by atoms with Gasteiger partial charge in [0.1, 0.15) is 23.1 Å². The third-order valence-electron chi connectivity index (χ3n) is 4.74. The van der Waals surface area contributed by atoms with Crippen molar-refractivity contribution < 1.29 is 9.53 Å². The van der Waals surface area contributed by atoms with Gasteiger partial charge in [0.15, 0.2) is 0 Å². The van der Waals surface area contributed by atoms with Crippen molar-refractivity contribution in [2.24, 2.45) is 12.5 Å². The lowest BCUT2D eigenvalue weighted by Crippen LogP contribution is -2.23. The molecule has 0 spiro atoms. The van der Waals surface area contributed by atoms with E-state index in [1.807, 2.05) is 50.6 Å². The van der Waals surface area contributed by atoms with E-state index in [1.54, 1.807) is 31.5 Å². The summed E-state index contributed by atoms with van der Waals surface area (Å²) in [6.07, 6.45) is 3.34. The smallest absolute Gasteiger partial charge is 0.222 e. The molecule has 0 bridgehead atoms. The number of carbonyl (C=O) groups excluding carboxylic acids is 1. The third-order valence-corrected chi connectivity index (χ3v) is 4.74. The number of carbonyl (C=O) groups is 1. The molecule has 1 amide bonds. The van der Waals surface area contributed by atoms with Crippen LogP contribution in [0.25, 0.3) is 11.0 Å². The summed E-state index contributed by atoms with van der Waals surface area (Å²) in [6, 6.07) is 9.00. The van der Waals surface area contributed by atoms with Gasteiger partial charge in [0, 0.05) is 50.5 Å². The summed E-state index contributed by atoms with van der Waals surface area (Å²) in [5, 5.41) is 17.2. The van der Waals surface area contributed by atoms with Crippen LogP contribution in [0.1, 0.15) is 27.7 Å². The van der Waals surface area contributed by atoms with Crippen LogP contribution in [0.15, 0.2) is 48.4 Å². The largest absolute Gasteiger partial charge is 0.457 e. The molecule has 2 aromatic heterocycles. The summed E-state index contributed by atoms with van der Waals surface area (Å²) in [6.45, 7) is 7.42. The molecule has 0 radical (unpaired) electrons. The minimum atomic E-state index is -0.255. The Balaban J connectivity index is 1.85.